The van der Waals surface area contributed by atoms with Crippen molar-refractivity contribution in [2.45, 2.75) is 25.3 Å². The normalized spacial score (nSPS) is 16.7. The Morgan fingerprint density at radius 1 is 1.38 bits per heavy atom. The largest absolute Gasteiger partial charge is 0.397 e. The summed E-state index contributed by atoms with van der Waals surface area (Å²) < 4.78 is 12.7. The first-order valence-electron chi connectivity index (χ1n) is 4.57. The highest BCUT2D eigenvalue weighted by Crippen LogP contribution is 2.26. The molecule has 1 fully saturated rings. The van der Waals surface area contributed by atoms with Crippen LogP contribution in [0.1, 0.15) is 19.3 Å². The van der Waals surface area contributed by atoms with E-state index >= 15 is 0 Å². The third-order valence-corrected chi connectivity index (χ3v) is 2.48. The second kappa shape index (κ2) is 3.24. The average molecular weight is 180 g/mol. The molecule has 3 heteroatoms. The van der Waals surface area contributed by atoms with Gasteiger partial charge in [0.15, 0.2) is 0 Å². The Hall–Kier alpha value is -1.25. The zero-order chi connectivity index (χ0) is 9.26. The minimum atomic E-state index is -0.281. The standard InChI is InChI=1S/C10H13FN2/c11-7-4-5-10(9(12)6-7)13-8-2-1-3-8/h4-6,8,13H,1-3,12H2. The highest BCUT2D eigenvalue weighted by molar-refractivity contribution is 5.66. The van der Waals surface area contributed by atoms with Crippen LogP contribution in [0.25, 0.3) is 0 Å². The van der Waals surface area contributed by atoms with Crippen LogP contribution in [0, 0.1) is 5.82 Å². The fourth-order valence-corrected chi connectivity index (χ4v) is 1.44. The van der Waals surface area contributed by atoms with Crippen LogP contribution >= 0.6 is 0 Å². The van der Waals surface area contributed by atoms with E-state index < -0.39 is 0 Å². The van der Waals surface area contributed by atoms with E-state index in [9.17, 15) is 4.39 Å². The van der Waals surface area contributed by atoms with Gasteiger partial charge >= 0.3 is 0 Å². The molecule has 2 rings (SSSR count). The Kier molecular flexibility index (Phi) is 2.08. The number of nitrogen functional groups attached to an aromatic ring is 1. The molecule has 0 atom stereocenters. The molecule has 13 heavy (non-hydrogen) atoms. The van der Waals surface area contributed by atoms with Crippen molar-refractivity contribution < 1.29 is 4.39 Å². The van der Waals surface area contributed by atoms with Crippen molar-refractivity contribution in [3.8, 4) is 0 Å². The third kappa shape index (κ3) is 1.74. The van der Waals surface area contributed by atoms with Crippen molar-refractivity contribution in [3.63, 3.8) is 0 Å². The lowest BCUT2D eigenvalue weighted by Gasteiger charge is -2.28. The van der Waals surface area contributed by atoms with E-state index in [1.54, 1.807) is 6.07 Å². The van der Waals surface area contributed by atoms with Crippen molar-refractivity contribution in [1.82, 2.24) is 0 Å². The number of rotatable bonds is 2. The first-order valence-corrected chi connectivity index (χ1v) is 4.57. The lowest BCUT2D eigenvalue weighted by atomic mass is 9.93. The molecule has 1 aliphatic carbocycles. The highest BCUT2D eigenvalue weighted by atomic mass is 19.1. The Labute approximate surface area is 76.9 Å². The van der Waals surface area contributed by atoms with Gasteiger partial charge in [0.05, 0.1) is 11.4 Å². The molecule has 1 aromatic carbocycles. The van der Waals surface area contributed by atoms with Gasteiger partial charge in [0.1, 0.15) is 5.82 Å². The van der Waals surface area contributed by atoms with Crippen molar-refractivity contribution in [1.29, 1.82) is 0 Å². The molecule has 2 nitrogen and oxygen atoms in total. The van der Waals surface area contributed by atoms with Gasteiger partial charge in [0, 0.05) is 6.04 Å². The number of halogens is 1. The van der Waals surface area contributed by atoms with Gasteiger partial charge in [-0.15, -0.1) is 0 Å². The lowest BCUT2D eigenvalue weighted by Crippen LogP contribution is -2.27. The summed E-state index contributed by atoms with van der Waals surface area (Å²) in [7, 11) is 0. The Bertz CT molecular complexity index is 308. The van der Waals surface area contributed by atoms with Crippen LogP contribution < -0.4 is 11.1 Å². The Morgan fingerprint density at radius 3 is 2.69 bits per heavy atom. The van der Waals surface area contributed by atoms with Crippen molar-refractivity contribution >= 4 is 11.4 Å². The molecule has 0 aliphatic heterocycles. The summed E-state index contributed by atoms with van der Waals surface area (Å²) in [5, 5.41) is 3.28. The zero-order valence-electron chi connectivity index (χ0n) is 7.39. The van der Waals surface area contributed by atoms with Gasteiger partial charge in [-0.25, -0.2) is 4.39 Å². The van der Waals surface area contributed by atoms with Crippen molar-refractivity contribution in [2.75, 3.05) is 11.1 Å². The van der Waals surface area contributed by atoms with Crippen LogP contribution in [0.5, 0.6) is 0 Å². The summed E-state index contributed by atoms with van der Waals surface area (Å²) >= 11 is 0. The van der Waals surface area contributed by atoms with Crippen molar-refractivity contribution in [2.24, 2.45) is 0 Å². The quantitative estimate of drug-likeness (QED) is 0.686. The number of nitrogens with two attached hydrogens (primary N) is 1. The predicted molar refractivity (Wildman–Crippen MR) is 52.1 cm³/mol. The SMILES string of the molecule is Nc1cc(F)ccc1NC1CCC1. The average Bonchev–Trinajstić information content (AvgIpc) is 1.99. The van der Waals surface area contributed by atoms with Crippen LogP contribution in [0.15, 0.2) is 18.2 Å². The van der Waals surface area contributed by atoms with Gasteiger partial charge in [0.25, 0.3) is 0 Å². The van der Waals surface area contributed by atoms with Gasteiger partial charge in [-0.05, 0) is 37.5 Å². The fourth-order valence-electron chi connectivity index (χ4n) is 1.44. The number of anilines is 2. The number of hydrogen-bond donors (Lipinski definition) is 2. The van der Waals surface area contributed by atoms with Gasteiger partial charge in [-0.1, -0.05) is 0 Å². The first kappa shape index (κ1) is 8.35. The van der Waals surface area contributed by atoms with E-state index in [-0.39, 0.29) is 5.82 Å². The number of nitrogens with one attached hydrogen (secondary N) is 1. The molecule has 0 radical (unpaired) electrons. The minimum Gasteiger partial charge on any atom is -0.397 e. The van der Waals surface area contributed by atoms with Crippen LogP contribution in [0.3, 0.4) is 0 Å². The molecular weight excluding hydrogens is 167 g/mol. The van der Waals surface area contributed by atoms with E-state index in [2.05, 4.69) is 5.32 Å². The van der Waals surface area contributed by atoms with Gasteiger partial charge < -0.3 is 11.1 Å². The molecule has 0 bridgehead atoms. The summed E-state index contributed by atoms with van der Waals surface area (Å²) in [6.45, 7) is 0. The molecule has 0 spiro atoms. The molecule has 0 heterocycles. The fraction of sp³-hybridized carbons (Fsp3) is 0.400. The maximum atomic E-state index is 12.7. The molecule has 0 aromatic heterocycles. The number of benzene rings is 1. The third-order valence-electron chi connectivity index (χ3n) is 2.48. The van der Waals surface area contributed by atoms with Gasteiger partial charge in [-0.2, -0.15) is 0 Å². The maximum absolute atomic E-state index is 12.7. The highest BCUT2D eigenvalue weighted by Gasteiger charge is 2.17. The summed E-state index contributed by atoms with van der Waals surface area (Å²) in [5.74, 6) is -0.281. The molecule has 70 valence electrons. The second-order valence-corrected chi connectivity index (χ2v) is 3.50. The van der Waals surface area contributed by atoms with Gasteiger partial charge in [0.2, 0.25) is 0 Å². The molecule has 0 unspecified atom stereocenters. The predicted octanol–water partition coefficient (Wildman–Crippen LogP) is 2.37. The maximum Gasteiger partial charge on any atom is 0.125 e. The van der Waals surface area contributed by atoms with Gasteiger partial charge in [-0.3, -0.25) is 0 Å². The first-order chi connectivity index (χ1) is 6.25. The molecule has 0 saturated heterocycles. The molecule has 1 saturated carbocycles. The van der Waals surface area contributed by atoms with E-state index in [0.29, 0.717) is 11.7 Å². The Balaban J connectivity index is 2.10. The van der Waals surface area contributed by atoms with Crippen LogP contribution in [0.4, 0.5) is 15.8 Å². The Morgan fingerprint density at radius 2 is 2.15 bits per heavy atom. The lowest BCUT2D eigenvalue weighted by molar-refractivity contribution is 0.445. The van der Waals surface area contributed by atoms with Crippen LogP contribution in [-0.2, 0) is 0 Å². The smallest absolute Gasteiger partial charge is 0.125 e. The zero-order valence-corrected chi connectivity index (χ0v) is 7.39. The molecule has 0 amide bonds. The summed E-state index contributed by atoms with van der Waals surface area (Å²) in [6, 6.07) is 5.01. The number of hydrogen-bond acceptors (Lipinski definition) is 2. The van der Waals surface area contributed by atoms with Crippen LogP contribution in [-0.4, -0.2) is 6.04 Å². The van der Waals surface area contributed by atoms with E-state index in [4.69, 9.17) is 5.73 Å². The van der Waals surface area contributed by atoms with Crippen molar-refractivity contribution in [3.05, 3.63) is 24.0 Å². The summed E-state index contributed by atoms with van der Waals surface area (Å²) in [4.78, 5) is 0. The molecule has 1 aromatic rings. The van der Waals surface area contributed by atoms with Crippen LogP contribution in [0.2, 0.25) is 0 Å². The monoisotopic (exact) mass is 180 g/mol. The summed E-state index contributed by atoms with van der Waals surface area (Å²) in [5.41, 5.74) is 6.99. The topological polar surface area (TPSA) is 38.0 Å². The minimum absolute atomic E-state index is 0.281. The summed E-state index contributed by atoms with van der Waals surface area (Å²) in [6.07, 6.45) is 3.66. The van der Waals surface area contributed by atoms with E-state index in [0.717, 1.165) is 5.69 Å². The van der Waals surface area contributed by atoms with E-state index in [1.165, 1.54) is 31.4 Å². The van der Waals surface area contributed by atoms with E-state index in [1.807, 2.05) is 0 Å². The molecule has 1 aliphatic rings. The second-order valence-electron chi connectivity index (χ2n) is 3.50. The molecule has 3 N–H and O–H groups in total. The molecular formula is C10H13FN2.